The molecule has 124 valence electrons. The van der Waals surface area contributed by atoms with Gasteiger partial charge in [0.25, 0.3) is 0 Å². The normalized spacial score (nSPS) is 11.5. The van der Waals surface area contributed by atoms with Crippen LogP contribution < -0.4 is 10.0 Å². The fourth-order valence-corrected chi connectivity index (χ4v) is 2.50. The van der Waals surface area contributed by atoms with E-state index in [0.717, 1.165) is 11.6 Å². The third kappa shape index (κ3) is 4.66. The van der Waals surface area contributed by atoms with Crippen molar-refractivity contribution in [3.05, 3.63) is 59.7 Å². The molecule has 0 saturated heterocycles. The number of sulfonamides is 1. The maximum Gasteiger partial charge on any atom is 0.235 e. The van der Waals surface area contributed by atoms with Crippen molar-refractivity contribution in [2.24, 2.45) is 0 Å². The van der Waals surface area contributed by atoms with Crippen molar-refractivity contribution in [1.29, 1.82) is 0 Å². The minimum Gasteiger partial charge on any atom is -0.379 e. The van der Waals surface area contributed by atoms with Crippen molar-refractivity contribution in [3.63, 3.8) is 0 Å². The van der Waals surface area contributed by atoms with Crippen molar-refractivity contribution >= 4 is 21.4 Å². The quantitative estimate of drug-likeness (QED) is 0.842. The molecule has 2 aromatic carbocycles. The van der Waals surface area contributed by atoms with Gasteiger partial charge in [0.05, 0.1) is 10.9 Å². The van der Waals surface area contributed by atoms with Crippen LogP contribution in [0.4, 0.5) is 20.2 Å². The van der Waals surface area contributed by atoms with Gasteiger partial charge in [-0.25, -0.2) is 17.2 Å². The van der Waals surface area contributed by atoms with Gasteiger partial charge in [-0.1, -0.05) is 12.1 Å². The largest absolute Gasteiger partial charge is 0.379 e. The average Bonchev–Trinajstić information content (AvgIpc) is 2.47. The molecule has 2 aromatic rings. The van der Waals surface area contributed by atoms with E-state index in [4.69, 9.17) is 0 Å². The number of nitrogens with one attached hydrogen (secondary N) is 2. The minimum absolute atomic E-state index is 0.205. The highest BCUT2D eigenvalue weighted by Gasteiger charge is 2.15. The van der Waals surface area contributed by atoms with Gasteiger partial charge in [-0.15, -0.1) is 0 Å². The zero-order chi connectivity index (χ0) is 17.0. The maximum atomic E-state index is 13.5. The topological polar surface area (TPSA) is 58.2 Å². The first-order valence-corrected chi connectivity index (χ1v) is 8.62. The zero-order valence-electron chi connectivity index (χ0n) is 12.8. The maximum absolute atomic E-state index is 13.5. The van der Waals surface area contributed by atoms with Crippen molar-refractivity contribution in [3.8, 4) is 0 Å². The van der Waals surface area contributed by atoms with Crippen LogP contribution >= 0.6 is 0 Å². The minimum atomic E-state index is -3.38. The Bertz CT molecular complexity index is 775. The molecule has 0 aromatic heterocycles. The highest BCUT2D eigenvalue weighted by atomic mass is 32.2. The second-order valence-corrected chi connectivity index (χ2v) is 7.61. The predicted molar refractivity (Wildman–Crippen MR) is 87.8 cm³/mol. The van der Waals surface area contributed by atoms with E-state index in [9.17, 15) is 17.2 Å². The molecule has 0 saturated carbocycles. The molecule has 0 fully saturated rings. The molecule has 4 nitrogen and oxygen atoms in total. The molecule has 0 radical (unpaired) electrons. The fourth-order valence-electron chi connectivity index (χ4n) is 1.80. The molecule has 0 spiro atoms. The van der Waals surface area contributed by atoms with E-state index in [1.807, 2.05) is 0 Å². The lowest BCUT2D eigenvalue weighted by atomic mass is 10.2. The molecule has 23 heavy (non-hydrogen) atoms. The van der Waals surface area contributed by atoms with Crippen LogP contribution in [0.1, 0.15) is 19.4 Å². The summed E-state index contributed by atoms with van der Waals surface area (Å²) >= 11 is 0. The lowest BCUT2D eigenvalue weighted by Crippen LogP contribution is -2.22. The van der Waals surface area contributed by atoms with Gasteiger partial charge >= 0.3 is 0 Å². The van der Waals surface area contributed by atoms with Crippen LogP contribution in [0.5, 0.6) is 0 Å². The van der Waals surface area contributed by atoms with Gasteiger partial charge < -0.3 is 5.32 Å². The van der Waals surface area contributed by atoms with Gasteiger partial charge in [0.15, 0.2) is 0 Å². The van der Waals surface area contributed by atoms with E-state index in [1.165, 1.54) is 12.1 Å². The third-order valence-corrected chi connectivity index (χ3v) is 5.01. The second-order valence-electron chi connectivity index (χ2n) is 5.37. The van der Waals surface area contributed by atoms with Crippen LogP contribution in [0, 0.1) is 11.6 Å². The number of rotatable bonds is 6. The first kappa shape index (κ1) is 17.2. The average molecular weight is 340 g/mol. The Morgan fingerprint density at radius 1 is 1.04 bits per heavy atom. The predicted octanol–water partition coefficient (Wildman–Crippen LogP) is 3.73. The summed E-state index contributed by atoms with van der Waals surface area (Å²) in [5.41, 5.74) is 1.51. The van der Waals surface area contributed by atoms with Crippen molar-refractivity contribution in [2.75, 3.05) is 10.0 Å². The summed E-state index contributed by atoms with van der Waals surface area (Å²) < 4.78 is 52.3. The summed E-state index contributed by atoms with van der Waals surface area (Å²) in [6.07, 6.45) is 0. The molecule has 0 unspecified atom stereocenters. The van der Waals surface area contributed by atoms with Crippen LogP contribution in [0.25, 0.3) is 0 Å². The molecule has 2 rings (SSSR count). The number of halogens is 2. The van der Waals surface area contributed by atoms with E-state index in [0.29, 0.717) is 12.2 Å². The smallest absolute Gasteiger partial charge is 0.235 e. The lowest BCUT2D eigenvalue weighted by Gasteiger charge is -2.12. The molecule has 0 bridgehead atoms. The van der Waals surface area contributed by atoms with E-state index < -0.39 is 26.9 Å². The lowest BCUT2D eigenvalue weighted by molar-refractivity contribution is 0.585. The molecule has 0 amide bonds. The van der Waals surface area contributed by atoms with Gasteiger partial charge in [0, 0.05) is 18.3 Å². The van der Waals surface area contributed by atoms with Gasteiger partial charge in [-0.2, -0.15) is 0 Å². The number of hydrogen-bond donors (Lipinski definition) is 2. The Kier molecular flexibility index (Phi) is 5.20. The summed E-state index contributed by atoms with van der Waals surface area (Å²) in [6.45, 7) is 3.52. The van der Waals surface area contributed by atoms with Crippen LogP contribution in [0.3, 0.4) is 0 Å². The van der Waals surface area contributed by atoms with E-state index in [2.05, 4.69) is 10.0 Å². The molecule has 7 heteroatoms. The Hall–Kier alpha value is -2.15. The Morgan fingerprint density at radius 2 is 1.70 bits per heavy atom. The summed E-state index contributed by atoms with van der Waals surface area (Å²) in [7, 11) is -3.38. The second kappa shape index (κ2) is 6.95. The van der Waals surface area contributed by atoms with Gasteiger partial charge in [-0.05, 0) is 43.7 Å². The Balaban J connectivity index is 2.00. The highest BCUT2D eigenvalue weighted by Crippen LogP contribution is 2.17. The van der Waals surface area contributed by atoms with Crippen LogP contribution in [0.15, 0.2) is 42.5 Å². The third-order valence-electron chi connectivity index (χ3n) is 3.25. The number of hydrogen-bond acceptors (Lipinski definition) is 3. The summed E-state index contributed by atoms with van der Waals surface area (Å²) in [5.74, 6) is -1.29. The van der Waals surface area contributed by atoms with Gasteiger partial charge in [0.2, 0.25) is 10.0 Å². The standard InChI is InChI=1S/C16H18F2N2O2S/c1-11(2)23(21,22)20-14-6-3-12(4-7-14)10-19-16-8-5-13(17)9-15(16)18/h3-9,11,19-20H,10H2,1-2H3. The van der Waals surface area contributed by atoms with Gasteiger partial charge in [-0.3, -0.25) is 4.72 Å². The molecule has 0 heterocycles. The SMILES string of the molecule is CC(C)S(=O)(=O)Nc1ccc(CNc2ccc(F)cc2F)cc1. The molecule has 0 aliphatic heterocycles. The van der Waals surface area contributed by atoms with Crippen LogP contribution in [-0.4, -0.2) is 13.7 Å². The first-order valence-electron chi connectivity index (χ1n) is 7.07. The van der Waals surface area contributed by atoms with E-state index in [1.54, 1.807) is 38.1 Å². The summed E-state index contributed by atoms with van der Waals surface area (Å²) in [4.78, 5) is 0. The molecule has 0 atom stereocenters. The molecule has 0 aliphatic rings. The van der Waals surface area contributed by atoms with Crippen molar-refractivity contribution < 1.29 is 17.2 Å². The molecular weight excluding hydrogens is 322 g/mol. The number of benzene rings is 2. The van der Waals surface area contributed by atoms with Crippen LogP contribution in [0.2, 0.25) is 0 Å². The monoisotopic (exact) mass is 340 g/mol. The van der Waals surface area contributed by atoms with E-state index in [-0.39, 0.29) is 5.69 Å². The van der Waals surface area contributed by atoms with Crippen LogP contribution in [-0.2, 0) is 16.6 Å². The van der Waals surface area contributed by atoms with Gasteiger partial charge in [0.1, 0.15) is 11.6 Å². The highest BCUT2D eigenvalue weighted by molar-refractivity contribution is 7.93. The summed E-state index contributed by atoms with van der Waals surface area (Å²) in [5, 5.41) is 2.34. The van der Waals surface area contributed by atoms with Crippen molar-refractivity contribution in [2.45, 2.75) is 25.6 Å². The first-order chi connectivity index (χ1) is 10.8. The fraction of sp³-hybridized carbons (Fsp3) is 0.250. The molecule has 0 aliphatic carbocycles. The number of anilines is 2. The molecular formula is C16H18F2N2O2S. The Morgan fingerprint density at radius 3 is 2.26 bits per heavy atom. The van der Waals surface area contributed by atoms with E-state index >= 15 is 0 Å². The van der Waals surface area contributed by atoms with Crippen molar-refractivity contribution in [1.82, 2.24) is 0 Å². The summed E-state index contributed by atoms with van der Waals surface area (Å²) in [6, 6.07) is 10.0. The Labute approximate surface area is 134 Å². The zero-order valence-corrected chi connectivity index (χ0v) is 13.6. The molecule has 2 N–H and O–H groups in total.